The summed E-state index contributed by atoms with van der Waals surface area (Å²) in [4.78, 5) is 5.94. The average molecular weight is 572 g/mol. The van der Waals surface area contributed by atoms with Gasteiger partial charge in [0.15, 0.2) is 0 Å². The Kier molecular flexibility index (Phi) is 14.4. The van der Waals surface area contributed by atoms with Gasteiger partial charge >= 0.3 is 17.1 Å². The molecule has 0 aliphatic carbocycles. The van der Waals surface area contributed by atoms with Gasteiger partial charge in [-0.1, -0.05) is 123 Å². The summed E-state index contributed by atoms with van der Waals surface area (Å²) >= 11 is 0. The molecule has 0 bridgehead atoms. The number of anilines is 1. The molecular formula is C30H57FeN3Si2. The maximum Gasteiger partial charge on any atom is 2.00 e. The molecule has 0 N–H and O–H groups in total. The molecule has 0 radical (unpaired) electrons. The molecule has 6 heteroatoms. The van der Waals surface area contributed by atoms with Crippen LogP contribution in [0.3, 0.4) is 0 Å². The molecule has 0 spiro atoms. The van der Waals surface area contributed by atoms with Gasteiger partial charge < -0.3 is 9.55 Å². The van der Waals surface area contributed by atoms with E-state index in [1.165, 1.54) is 22.4 Å². The number of nitrogens with zero attached hydrogens (tertiary/aromatic N) is 3. The molecule has 2 rings (SSSR count). The Labute approximate surface area is 238 Å². The molecule has 0 fully saturated rings. The normalized spacial score (nSPS) is 12.5. The van der Waals surface area contributed by atoms with Crippen molar-refractivity contribution < 1.29 is 17.1 Å². The number of aromatic nitrogens is 1. The zero-order valence-electron chi connectivity index (χ0n) is 26.7. The van der Waals surface area contributed by atoms with Gasteiger partial charge in [-0.2, -0.15) is 22.8 Å². The van der Waals surface area contributed by atoms with Crippen molar-refractivity contribution in [1.82, 2.24) is 4.98 Å². The zero-order valence-corrected chi connectivity index (χ0v) is 29.8. The van der Waals surface area contributed by atoms with Crippen LogP contribution in [0.2, 0.25) is 39.3 Å². The fraction of sp³-hybridized carbons (Fsp3) is 0.667. The fourth-order valence-electron chi connectivity index (χ4n) is 3.83. The molecule has 208 valence electrons. The van der Waals surface area contributed by atoms with Crippen LogP contribution in [-0.4, -0.2) is 35.6 Å². The van der Waals surface area contributed by atoms with Crippen molar-refractivity contribution in [2.45, 2.75) is 118 Å². The smallest absolute Gasteiger partial charge is 0.668 e. The van der Waals surface area contributed by atoms with Crippen molar-refractivity contribution in [3.63, 3.8) is 0 Å². The largest absolute Gasteiger partial charge is 2.00 e. The maximum atomic E-state index is 4.82. The van der Waals surface area contributed by atoms with Gasteiger partial charge in [0, 0.05) is 32.2 Å². The second-order valence-corrected chi connectivity index (χ2v) is 24.5. The molecule has 0 saturated carbocycles. The summed E-state index contributed by atoms with van der Waals surface area (Å²) in [5, 5.41) is 0. The molecule has 0 aliphatic rings. The van der Waals surface area contributed by atoms with E-state index in [2.05, 4.69) is 119 Å². The minimum atomic E-state index is -1.11. The first kappa shape index (κ1) is 37.4. The van der Waals surface area contributed by atoms with Gasteiger partial charge in [0.25, 0.3) is 0 Å². The van der Waals surface area contributed by atoms with Crippen LogP contribution in [0.1, 0.15) is 79.0 Å². The molecule has 0 saturated heterocycles. The van der Waals surface area contributed by atoms with Gasteiger partial charge in [-0.25, -0.2) is 6.07 Å². The predicted molar refractivity (Wildman–Crippen MR) is 167 cm³/mol. The SMILES string of the molecule is CC(C)(C)c1cc(C(C)(C)C)c(C(C)(C)C)[cH-]1.CN(C)c1ccncc1.C[Si](C)(C)[N-][Si](C)(C)C.[Fe+2]. The summed E-state index contributed by atoms with van der Waals surface area (Å²) in [6.07, 6.45) is 3.57. The molecular weight excluding hydrogens is 514 g/mol. The van der Waals surface area contributed by atoms with Crippen LogP contribution >= 0.6 is 0 Å². The first-order valence-corrected chi connectivity index (χ1v) is 19.9. The van der Waals surface area contributed by atoms with Crippen molar-refractivity contribution in [2.24, 2.45) is 0 Å². The summed E-state index contributed by atoms with van der Waals surface area (Å²) in [6, 6.07) is 8.78. The van der Waals surface area contributed by atoms with Gasteiger partial charge in [0.2, 0.25) is 0 Å². The molecule has 1 heterocycles. The topological polar surface area (TPSA) is 30.2 Å². The standard InChI is InChI=1S/C17H29.C7H10N2.C6H18NSi2.Fe/c1-15(2,3)12-10-13(16(4,5)6)14(11-12)17(7,8)9;1-9(2)7-3-5-8-6-4-7;1-8(2,3)7-9(4,5)6;/h10-11H,1-9H3;3-6H,1-2H3;1-6H3;/q-1;;-1;+2. The third-order valence-corrected chi connectivity index (χ3v) is 10.6. The van der Waals surface area contributed by atoms with E-state index < -0.39 is 16.5 Å². The number of pyridine rings is 1. The van der Waals surface area contributed by atoms with E-state index in [0.717, 1.165) is 0 Å². The van der Waals surface area contributed by atoms with Crippen molar-refractivity contribution in [1.29, 1.82) is 0 Å². The molecule has 0 unspecified atom stereocenters. The Bertz CT molecular complexity index is 827. The molecule has 0 aliphatic heterocycles. The van der Waals surface area contributed by atoms with Gasteiger partial charge in [-0.15, -0.1) is 0 Å². The van der Waals surface area contributed by atoms with E-state index in [4.69, 9.17) is 4.65 Å². The Morgan fingerprint density at radius 2 is 1.14 bits per heavy atom. The second-order valence-electron chi connectivity index (χ2n) is 14.9. The Balaban J connectivity index is 0. The Hall–Kier alpha value is -0.787. The molecule has 1 aromatic carbocycles. The number of hydrogen-bond acceptors (Lipinski definition) is 2. The first-order chi connectivity index (χ1) is 15.3. The van der Waals surface area contributed by atoms with Crippen LogP contribution in [0.15, 0.2) is 36.7 Å². The van der Waals surface area contributed by atoms with Gasteiger partial charge in [-0.3, -0.25) is 4.98 Å². The fourth-order valence-corrected chi connectivity index (χ4v) is 11.9. The van der Waals surface area contributed by atoms with Gasteiger partial charge in [0.1, 0.15) is 0 Å². The molecule has 2 aromatic rings. The van der Waals surface area contributed by atoms with E-state index in [0.29, 0.717) is 0 Å². The molecule has 36 heavy (non-hydrogen) atoms. The van der Waals surface area contributed by atoms with Crippen LogP contribution in [0.25, 0.3) is 4.65 Å². The molecule has 1 aromatic heterocycles. The zero-order chi connectivity index (χ0) is 28.0. The van der Waals surface area contributed by atoms with Gasteiger partial charge in [0.05, 0.1) is 0 Å². The summed E-state index contributed by atoms with van der Waals surface area (Å²) in [5.74, 6) is 0. The van der Waals surface area contributed by atoms with E-state index in [-0.39, 0.29) is 33.3 Å². The summed E-state index contributed by atoms with van der Waals surface area (Å²) < 4.78 is 4.82. The molecule has 0 atom stereocenters. The first-order valence-electron chi connectivity index (χ1n) is 13.0. The Morgan fingerprint density at radius 3 is 1.33 bits per heavy atom. The summed E-state index contributed by atoms with van der Waals surface area (Å²) in [6.45, 7) is 34.5. The summed E-state index contributed by atoms with van der Waals surface area (Å²) in [5.41, 5.74) is 6.36. The van der Waals surface area contributed by atoms with Crippen LogP contribution in [0.5, 0.6) is 0 Å². The van der Waals surface area contributed by atoms with Crippen molar-refractivity contribution in [3.05, 3.63) is 58.0 Å². The minimum Gasteiger partial charge on any atom is -0.668 e. The third-order valence-electron chi connectivity index (χ3n) is 5.22. The molecule has 3 nitrogen and oxygen atoms in total. The average Bonchev–Trinajstić information content (AvgIpc) is 3.07. The van der Waals surface area contributed by atoms with Crippen LogP contribution < -0.4 is 4.90 Å². The quantitative estimate of drug-likeness (QED) is 0.271. The van der Waals surface area contributed by atoms with E-state index in [9.17, 15) is 0 Å². The number of rotatable bonds is 3. The van der Waals surface area contributed by atoms with Gasteiger partial charge in [-0.05, 0) is 23.0 Å². The van der Waals surface area contributed by atoms with Crippen molar-refractivity contribution in [2.75, 3.05) is 19.0 Å². The van der Waals surface area contributed by atoms with E-state index in [1.807, 2.05) is 31.1 Å². The maximum absolute atomic E-state index is 4.82. The van der Waals surface area contributed by atoms with E-state index >= 15 is 0 Å². The third kappa shape index (κ3) is 15.5. The Morgan fingerprint density at radius 1 is 0.722 bits per heavy atom. The second kappa shape index (κ2) is 13.8. The predicted octanol–water partition coefficient (Wildman–Crippen LogP) is 9.47. The number of hydrogen-bond donors (Lipinski definition) is 0. The van der Waals surface area contributed by atoms with Crippen LogP contribution in [0, 0.1) is 0 Å². The molecule has 0 amide bonds. The van der Waals surface area contributed by atoms with Crippen molar-refractivity contribution >= 4 is 22.2 Å². The van der Waals surface area contributed by atoms with E-state index in [1.54, 1.807) is 12.4 Å². The minimum absolute atomic E-state index is 0. The summed E-state index contributed by atoms with van der Waals surface area (Å²) in [7, 11) is 1.81. The monoisotopic (exact) mass is 571 g/mol. The van der Waals surface area contributed by atoms with Crippen LogP contribution in [-0.2, 0) is 33.3 Å². The van der Waals surface area contributed by atoms with Crippen molar-refractivity contribution in [3.8, 4) is 0 Å². The van der Waals surface area contributed by atoms with Crippen LogP contribution in [0.4, 0.5) is 5.69 Å².